The predicted octanol–water partition coefficient (Wildman–Crippen LogP) is 3.09. The first-order valence-electron chi connectivity index (χ1n) is 13.3. The number of aryl methyl sites for hydroxylation is 2. The van der Waals surface area contributed by atoms with Crippen molar-refractivity contribution in [3.63, 3.8) is 0 Å². The minimum Gasteiger partial charge on any atom is -0.375 e. The summed E-state index contributed by atoms with van der Waals surface area (Å²) in [6.45, 7) is 10.9. The van der Waals surface area contributed by atoms with Crippen molar-refractivity contribution in [2.24, 2.45) is 5.92 Å². The van der Waals surface area contributed by atoms with Gasteiger partial charge in [0.2, 0.25) is 5.91 Å². The number of nitrogens with zero attached hydrogens (tertiary/aromatic N) is 4. The fourth-order valence-electron chi connectivity index (χ4n) is 6.04. The topological polar surface area (TPSA) is 96.8 Å². The van der Waals surface area contributed by atoms with Crippen molar-refractivity contribution in [2.45, 2.75) is 71.6 Å². The molecule has 1 N–H and O–H groups in total. The third-order valence-electron chi connectivity index (χ3n) is 7.82. The van der Waals surface area contributed by atoms with Gasteiger partial charge in [-0.1, -0.05) is 6.07 Å². The van der Waals surface area contributed by atoms with Gasteiger partial charge < -0.3 is 15.0 Å². The number of nitrogens with one attached hydrogen (secondary N) is 1. The number of ether oxygens (including phenoxy) is 1. The Morgan fingerprint density at radius 1 is 1.19 bits per heavy atom. The normalized spacial score (nSPS) is 23.4. The minimum absolute atomic E-state index is 0.0206. The van der Waals surface area contributed by atoms with Crippen LogP contribution in [0, 0.1) is 19.8 Å². The van der Waals surface area contributed by atoms with Gasteiger partial charge in [0.05, 0.1) is 40.6 Å². The first-order valence-corrected chi connectivity index (χ1v) is 13.3. The fourth-order valence-corrected chi connectivity index (χ4v) is 6.04. The van der Waals surface area contributed by atoms with Crippen LogP contribution in [0.25, 0.3) is 0 Å². The lowest BCUT2D eigenvalue weighted by molar-refractivity contribution is -0.125. The van der Waals surface area contributed by atoms with Crippen LogP contribution in [0.5, 0.6) is 0 Å². The average Bonchev–Trinajstić information content (AvgIpc) is 3.32. The number of hydrogen-bond donors (Lipinski definition) is 1. The molecule has 4 heterocycles. The van der Waals surface area contributed by atoms with Crippen LogP contribution in [0.2, 0.25) is 0 Å². The second-order valence-electron chi connectivity index (χ2n) is 11.2. The number of fused-ring (bicyclic) bond motifs is 1. The van der Waals surface area contributed by atoms with Crippen molar-refractivity contribution < 1.29 is 19.1 Å². The molecule has 0 spiro atoms. The van der Waals surface area contributed by atoms with Gasteiger partial charge in [-0.3, -0.25) is 24.0 Å². The maximum atomic E-state index is 13.7. The Bertz CT molecular complexity index is 1220. The Morgan fingerprint density at radius 3 is 2.73 bits per heavy atom. The third kappa shape index (κ3) is 5.01. The molecule has 0 saturated carbocycles. The summed E-state index contributed by atoms with van der Waals surface area (Å²) in [5, 5.41) is 7.52. The average molecular weight is 508 g/mol. The van der Waals surface area contributed by atoms with Gasteiger partial charge in [0.15, 0.2) is 0 Å². The summed E-state index contributed by atoms with van der Waals surface area (Å²) in [6, 6.07) is 7.34. The van der Waals surface area contributed by atoms with E-state index < -0.39 is 0 Å². The number of piperidine rings is 1. The number of carbonyl (C=O) groups excluding carboxylic acids is 3. The first kappa shape index (κ1) is 25.4. The van der Waals surface area contributed by atoms with Crippen LogP contribution in [-0.4, -0.2) is 70.3 Å². The highest BCUT2D eigenvalue weighted by atomic mass is 16.5. The Hall–Kier alpha value is -3.20. The lowest BCUT2D eigenvalue weighted by Gasteiger charge is -2.39. The minimum atomic E-state index is -0.372. The van der Waals surface area contributed by atoms with Crippen LogP contribution in [-0.2, 0) is 16.1 Å². The Balaban J connectivity index is 1.28. The zero-order chi connectivity index (χ0) is 26.3. The van der Waals surface area contributed by atoms with Gasteiger partial charge in [0.1, 0.15) is 0 Å². The van der Waals surface area contributed by atoms with Crippen molar-refractivity contribution in [2.75, 3.05) is 31.1 Å². The van der Waals surface area contributed by atoms with E-state index in [9.17, 15) is 14.4 Å². The molecule has 3 aliphatic heterocycles. The smallest absolute Gasteiger partial charge is 0.263 e. The van der Waals surface area contributed by atoms with Crippen LogP contribution >= 0.6 is 0 Å². The molecule has 2 atom stereocenters. The number of amides is 3. The quantitative estimate of drug-likeness (QED) is 0.604. The molecule has 0 radical (unpaired) electrons. The van der Waals surface area contributed by atoms with E-state index in [4.69, 9.17) is 4.74 Å². The third-order valence-corrected chi connectivity index (χ3v) is 7.82. The largest absolute Gasteiger partial charge is 0.375 e. The van der Waals surface area contributed by atoms with Gasteiger partial charge in [-0.05, 0) is 71.6 Å². The van der Waals surface area contributed by atoms with Crippen LogP contribution in [0.4, 0.5) is 5.69 Å². The van der Waals surface area contributed by atoms with Gasteiger partial charge in [0.25, 0.3) is 11.8 Å². The maximum absolute atomic E-state index is 13.7. The molecule has 2 fully saturated rings. The van der Waals surface area contributed by atoms with Crippen molar-refractivity contribution in [3.05, 3.63) is 46.8 Å². The van der Waals surface area contributed by atoms with E-state index in [1.807, 2.05) is 50.6 Å². The van der Waals surface area contributed by atoms with E-state index >= 15 is 0 Å². The highest BCUT2D eigenvalue weighted by Crippen LogP contribution is 2.38. The van der Waals surface area contributed by atoms with E-state index in [-0.39, 0.29) is 35.3 Å². The predicted molar refractivity (Wildman–Crippen MR) is 140 cm³/mol. The van der Waals surface area contributed by atoms with Crippen molar-refractivity contribution in [1.29, 1.82) is 0 Å². The number of aromatic nitrogens is 2. The number of anilines is 1. The SMILES string of the molecule is Cc1cc(C)n(CCNC(=O)C2CCCN(c3cccc4c3C(=O)N(C3CCOC(C)(C)C3)C4=O)C2)n1. The van der Waals surface area contributed by atoms with E-state index in [2.05, 4.69) is 15.3 Å². The second-order valence-corrected chi connectivity index (χ2v) is 11.2. The fraction of sp³-hybridized carbons (Fsp3) is 0.571. The van der Waals surface area contributed by atoms with E-state index in [0.717, 1.165) is 36.5 Å². The molecule has 2 unspecified atom stereocenters. The van der Waals surface area contributed by atoms with Gasteiger partial charge >= 0.3 is 0 Å². The zero-order valence-electron chi connectivity index (χ0n) is 22.2. The Kier molecular flexibility index (Phi) is 6.83. The van der Waals surface area contributed by atoms with E-state index in [0.29, 0.717) is 50.2 Å². The highest BCUT2D eigenvalue weighted by Gasteiger charge is 2.45. The number of imide groups is 1. The van der Waals surface area contributed by atoms with E-state index in [1.165, 1.54) is 4.90 Å². The molecule has 9 nitrogen and oxygen atoms in total. The van der Waals surface area contributed by atoms with Crippen LogP contribution < -0.4 is 10.2 Å². The lowest BCUT2D eigenvalue weighted by atomic mass is 9.93. The molecule has 9 heteroatoms. The summed E-state index contributed by atoms with van der Waals surface area (Å²) in [5.74, 6) is -0.605. The summed E-state index contributed by atoms with van der Waals surface area (Å²) < 4.78 is 7.72. The van der Waals surface area contributed by atoms with Gasteiger partial charge in [-0.25, -0.2) is 0 Å². The molecule has 1 aromatic carbocycles. The summed E-state index contributed by atoms with van der Waals surface area (Å²) in [4.78, 5) is 43.6. The lowest BCUT2D eigenvalue weighted by Crippen LogP contribution is -2.48. The maximum Gasteiger partial charge on any atom is 0.263 e. The van der Waals surface area contributed by atoms with Crippen molar-refractivity contribution in [3.8, 4) is 0 Å². The second kappa shape index (κ2) is 9.93. The monoisotopic (exact) mass is 507 g/mol. The molecule has 2 aromatic rings. The number of carbonyl (C=O) groups is 3. The van der Waals surface area contributed by atoms with Crippen LogP contribution in [0.15, 0.2) is 24.3 Å². The van der Waals surface area contributed by atoms with Crippen molar-refractivity contribution in [1.82, 2.24) is 20.0 Å². The van der Waals surface area contributed by atoms with Gasteiger partial charge in [-0.2, -0.15) is 5.10 Å². The zero-order valence-corrected chi connectivity index (χ0v) is 22.2. The molecule has 1 aromatic heterocycles. The van der Waals surface area contributed by atoms with Crippen LogP contribution in [0.3, 0.4) is 0 Å². The molecule has 0 bridgehead atoms. The van der Waals surface area contributed by atoms with Gasteiger partial charge in [-0.15, -0.1) is 0 Å². The standard InChI is InChI=1S/C28H37N5O4/c1-18-15-19(2)32(30-18)13-11-29-25(34)20-7-6-12-31(17-20)23-9-5-8-22-24(23)27(36)33(26(22)35)21-10-14-37-28(3,4)16-21/h5,8-9,15,20-21H,6-7,10-14,16-17H2,1-4H3,(H,29,34). The highest BCUT2D eigenvalue weighted by molar-refractivity contribution is 6.24. The molecule has 37 heavy (non-hydrogen) atoms. The molecule has 0 aliphatic carbocycles. The summed E-state index contributed by atoms with van der Waals surface area (Å²) >= 11 is 0. The Labute approximate surface area is 218 Å². The summed E-state index contributed by atoms with van der Waals surface area (Å²) in [7, 11) is 0. The van der Waals surface area contributed by atoms with Gasteiger partial charge in [0, 0.05) is 38.0 Å². The first-order chi connectivity index (χ1) is 17.6. The molecular formula is C28H37N5O4. The molecular weight excluding hydrogens is 470 g/mol. The van der Waals surface area contributed by atoms with E-state index in [1.54, 1.807) is 6.07 Å². The summed E-state index contributed by atoms with van der Waals surface area (Å²) in [6.07, 6.45) is 2.91. The number of benzene rings is 1. The Morgan fingerprint density at radius 2 is 2.00 bits per heavy atom. The molecule has 3 aliphatic rings. The molecule has 3 amide bonds. The molecule has 2 saturated heterocycles. The molecule has 198 valence electrons. The number of rotatable bonds is 6. The van der Waals surface area contributed by atoms with Crippen molar-refractivity contribution >= 4 is 23.4 Å². The number of hydrogen-bond acceptors (Lipinski definition) is 6. The van der Waals surface area contributed by atoms with Crippen LogP contribution in [0.1, 0.15) is 71.6 Å². The summed E-state index contributed by atoms with van der Waals surface area (Å²) in [5.41, 5.74) is 3.36. The molecule has 5 rings (SSSR count).